The van der Waals surface area contributed by atoms with E-state index in [4.69, 9.17) is 14.6 Å². The van der Waals surface area contributed by atoms with Crippen molar-refractivity contribution in [3.8, 4) is 0 Å². The molecule has 10 heavy (non-hydrogen) atoms. The topological polar surface area (TPSA) is 55.8 Å². The lowest BCUT2D eigenvalue weighted by atomic mass is 10.7. The van der Waals surface area contributed by atoms with Gasteiger partial charge in [0.25, 0.3) is 0 Å². The second-order valence-electron chi connectivity index (χ2n) is 1.73. The molecule has 0 fully saturated rings. The Morgan fingerprint density at radius 1 is 1.60 bits per heavy atom. The molecule has 0 radical (unpaired) electrons. The molecule has 1 atom stereocenters. The van der Waals surface area contributed by atoms with Gasteiger partial charge >= 0.3 is 5.97 Å². The highest BCUT2D eigenvalue weighted by atomic mass is 16.7. The van der Waals surface area contributed by atoms with E-state index in [1.807, 2.05) is 6.92 Å². The van der Waals surface area contributed by atoms with Crippen LogP contribution in [0.4, 0.5) is 0 Å². The van der Waals surface area contributed by atoms with Crippen LogP contribution in [0.25, 0.3) is 0 Å². The summed E-state index contributed by atoms with van der Waals surface area (Å²) in [7, 11) is 0. The van der Waals surface area contributed by atoms with E-state index in [1.165, 1.54) is 0 Å². The summed E-state index contributed by atoms with van der Waals surface area (Å²) in [5.74, 6) is -0.980. The predicted octanol–water partition coefficient (Wildman–Crippen LogP) is 0.470. The molecule has 60 valence electrons. The molecule has 0 rings (SSSR count). The van der Waals surface area contributed by atoms with E-state index in [0.717, 1.165) is 0 Å². The van der Waals surface area contributed by atoms with Gasteiger partial charge in [0.15, 0.2) is 6.29 Å². The van der Waals surface area contributed by atoms with Gasteiger partial charge in [0.2, 0.25) is 0 Å². The first-order valence-corrected chi connectivity index (χ1v) is 3.11. The molecule has 0 aromatic rings. The molecular formula is C6H12O4. The van der Waals surface area contributed by atoms with Crippen LogP contribution in [0, 0.1) is 0 Å². The molecule has 0 saturated heterocycles. The fraction of sp³-hybridized carbons (Fsp3) is 0.833. The number of hydrogen-bond donors (Lipinski definition) is 1. The number of carboxylic acids is 1. The highest BCUT2D eigenvalue weighted by Gasteiger charge is 2.02. The minimum absolute atomic E-state index is 0.304. The highest BCUT2D eigenvalue weighted by molar-refractivity contribution is 5.67. The van der Waals surface area contributed by atoms with E-state index in [1.54, 1.807) is 6.92 Å². The zero-order chi connectivity index (χ0) is 7.98. The lowest BCUT2D eigenvalue weighted by molar-refractivity contribution is -0.162. The van der Waals surface area contributed by atoms with E-state index in [9.17, 15) is 4.79 Å². The van der Waals surface area contributed by atoms with Gasteiger partial charge in [-0.2, -0.15) is 0 Å². The van der Waals surface area contributed by atoms with Crippen LogP contribution < -0.4 is 0 Å². The van der Waals surface area contributed by atoms with E-state index < -0.39 is 12.3 Å². The quantitative estimate of drug-likeness (QED) is 0.576. The third-order valence-electron chi connectivity index (χ3n) is 0.843. The number of hydrogen-bond acceptors (Lipinski definition) is 3. The van der Waals surface area contributed by atoms with Crippen molar-refractivity contribution in [2.45, 2.75) is 20.1 Å². The second kappa shape index (κ2) is 5.20. The van der Waals surface area contributed by atoms with Crippen molar-refractivity contribution in [1.82, 2.24) is 0 Å². The van der Waals surface area contributed by atoms with Gasteiger partial charge in [-0.25, -0.2) is 4.79 Å². The maximum Gasteiger partial charge on any atom is 0.329 e. The van der Waals surface area contributed by atoms with E-state index >= 15 is 0 Å². The minimum Gasteiger partial charge on any atom is -0.480 e. The van der Waals surface area contributed by atoms with Crippen molar-refractivity contribution in [2.24, 2.45) is 0 Å². The van der Waals surface area contributed by atoms with Gasteiger partial charge in [0, 0.05) is 6.61 Å². The molecule has 1 N–H and O–H groups in total. The smallest absolute Gasteiger partial charge is 0.329 e. The third-order valence-corrected chi connectivity index (χ3v) is 0.843. The summed E-state index contributed by atoms with van der Waals surface area (Å²) in [5, 5.41) is 8.15. The summed E-state index contributed by atoms with van der Waals surface area (Å²) < 4.78 is 9.63. The van der Waals surface area contributed by atoms with Gasteiger partial charge in [-0.05, 0) is 13.8 Å². The van der Waals surface area contributed by atoms with Crippen molar-refractivity contribution in [3.05, 3.63) is 0 Å². The molecule has 0 aliphatic heterocycles. The average Bonchev–Trinajstić information content (AvgIpc) is 1.85. The van der Waals surface area contributed by atoms with Crippen molar-refractivity contribution in [2.75, 3.05) is 13.2 Å². The third kappa shape index (κ3) is 5.53. The normalized spacial score (nSPS) is 13.0. The second-order valence-corrected chi connectivity index (χ2v) is 1.73. The minimum atomic E-state index is -0.980. The Bertz CT molecular complexity index is 102. The maximum absolute atomic E-state index is 9.93. The average molecular weight is 148 g/mol. The Kier molecular flexibility index (Phi) is 4.88. The van der Waals surface area contributed by atoms with Gasteiger partial charge in [0.05, 0.1) is 0 Å². The van der Waals surface area contributed by atoms with Crippen LogP contribution in [0.3, 0.4) is 0 Å². The standard InChI is InChI=1S/C6H12O4/c1-3-9-5(2)10-4-6(7)8/h5H,3-4H2,1-2H3,(H,7,8)/t5-/m1/s1. The summed E-state index contributed by atoms with van der Waals surface area (Å²) in [6.45, 7) is 3.70. The van der Waals surface area contributed by atoms with Crippen LogP contribution in [0.2, 0.25) is 0 Å². The molecule has 0 aliphatic carbocycles. The molecule has 0 aromatic heterocycles. The van der Waals surface area contributed by atoms with Gasteiger partial charge in [-0.3, -0.25) is 0 Å². The predicted molar refractivity (Wildman–Crippen MR) is 34.7 cm³/mol. The van der Waals surface area contributed by atoms with Gasteiger partial charge in [-0.15, -0.1) is 0 Å². The molecule has 0 aromatic carbocycles. The van der Waals surface area contributed by atoms with Crippen LogP contribution >= 0.6 is 0 Å². The maximum atomic E-state index is 9.93. The molecule has 0 saturated carbocycles. The van der Waals surface area contributed by atoms with Crippen LogP contribution in [0.5, 0.6) is 0 Å². The number of ether oxygens (including phenoxy) is 2. The summed E-state index contributed by atoms with van der Waals surface area (Å²) >= 11 is 0. The Labute approximate surface area is 59.7 Å². The Hall–Kier alpha value is -0.610. The molecule has 0 bridgehead atoms. The number of aliphatic carboxylic acids is 1. The van der Waals surface area contributed by atoms with Crippen molar-refractivity contribution in [3.63, 3.8) is 0 Å². The Balaban J connectivity index is 3.21. The molecule has 0 heterocycles. The summed E-state index contributed by atoms with van der Waals surface area (Å²) in [6.07, 6.45) is -0.430. The Morgan fingerprint density at radius 3 is 2.60 bits per heavy atom. The number of carbonyl (C=O) groups is 1. The van der Waals surface area contributed by atoms with Crippen molar-refractivity contribution < 1.29 is 19.4 Å². The SMILES string of the molecule is CCO[C@@H](C)OCC(=O)O. The summed E-state index contributed by atoms with van der Waals surface area (Å²) in [5.41, 5.74) is 0. The van der Waals surface area contributed by atoms with Crippen molar-refractivity contribution in [1.29, 1.82) is 0 Å². The van der Waals surface area contributed by atoms with E-state index in [-0.39, 0.29) is 6.61 Å². The van der Waals surface area contributed by atoms with E-state index in [0.29, 0.717) is 6.61 Å². The molecule has 0 unspecified atom stereocenters. The summed E-state index contributed by atoms with van der Waals surface area (Å²) in [6, 6.07) is 0. The van der Waals surface area contributed by atoms with Crippen LogP contribution in [0.15, 0.2) is 0 Å². The van der Waals surface area contributed by atoms with Crippen LogP contribution in [-0.2, 0) is 14.3 Å². The van der Waals surface area contributed by atoms with Crippen LogP contribution in [0.1, 0.15) is 13.8 Å². The number of carboxylic acid groups (broad SMARTS) is 1. The van der Waals surface area contributed by atoms with E-state index in [2.05, 4.69) is 0 Å². The highest BCUT2D eigenvalue weighted by Crippen LogP contribution is 1.91. The molecule has 4 heteroatoms. The first-order chi connectivity index (χ1) is 4.66. The molecular weight excluding hydrogens is 136 g/mol. The number of rotatable bonds is 5. The first-order valence-electron chi connectivity index (χ1n) is 3.11. The largest absolute Gasteiger partial charge is 0.480 e. The summed E-state index contributed by atoms with van der Waals surface area (Å²) in [4.78, 5) is 9.93. The molecule has 0 aliphatic rings. The first kappa shape index (κ1) is 9.39. The van der Waals surface area contributed by atoms with Crippen molar-refractivity contribution >= 4 is 5.97 Å². The molecule has 4 nitrogen and oxygen atoms in total. The fourth-order valence-corrected chi connectivity index (χ4v) is 0.471. The van der Waals surface area contributed by atoms with Gasteiger partial charge in [-0.1, -0.05) is 0 Å². The lowest BCUT2D eigenvalue weighted by Gasteiger charge is -2.09. The fourth-order valence-electron chi connectivity index (χ4n) is 0.471. The van der Waals surface area contributed by atoms with Gasteiger partial charge < -0.3 is 14.6 Å². The van der Waals surface area contributed by atoms with Gasteiger partial charge in [0.1, 0.15) is 6.61 Å². The zero-order valence-corrected chi connectivity index (χ0v) is 6.16. The molecule has 0 spiro atoms. The lowest BCUT2D eigenvalue weighted by Crippen LogP contribution is -2.17. The monoisotopic (exact) mass is 148 g/mol. The zero-order valence-electron chi connectivity index (χ0n) is 6.16. The Morgan fingerprint density at radius 2 is 2.20 bits per heavy atom. The van der Waals surface area contributed by atoms with Crippen LogP contribution in [-0.4, -0.2) is 30.6 Å². The molecule has 0 amide bonds.